The van der Waals surface area contributed by atoms with Crippen LogP contribution in [0.15, 0.2) is 47.7 Å². The summed E-state index contributed by atoms with van der Waals surface area (Å²) in [6, 6.07) is 1.97. The molecule has 0 saturated carbocycles. The van der Waals surface area contributed by atoms with E-state index in [1.165, 1.54) is 12.1 Å². The first-order chi connectivity index (χ1) is 13.4. The second-order valence-corrected chi connectivity index (χ2v) is 5.42. The van der Waals surface area contributed by atoms with Crippen molar-refractivity contribution >= 4 is 5.76 Å². The SMILES string of the molecule is [2H]c1ccc(-c2nn(C3CCCCO3)c(=O)c([2H])c2C(=C)OCC)c([2H])c1[2H]. The summed E-state index contributed by atoms with van der Waals surface area (Å²) in [5, 5.41) is 4.42. The molecule has 1 atom stereocenters. The van der Waals surface area contributed by atoms with E-state index in [1.54, 1.807) is 6.92 Å². The summed E-state index contributed by atoms with van der Waals surface area (Å²) in [7, 11) is 0. The number of rotatable bonds is 5. The minimum Gasteiger partial charge on any atom is -0.494 e. The van der Waals surface area contributed by atoms with Gasteiger partial charge in [-0.2, -0.15) is 5.10 Å². The van der Waals surface area contributed by atoms with Crippen LogP contribution in [0.1, 0.15) is 43.5 Å². The Balaban J connectivity index is 2.28. The minimum absolute atomic E-state index is 0.0875. The van der Waals surface area contributed by atoms with Crippen molar-refractivity contribution < 1.29 is 15.0 Å². The van der Waals surface area contributed by atoms with Crippen LogP contribution in [0.3, 0.4) is 0 Å². The van der Waals surface area contributed by atoms with Crippen molar-refractivity contribution in [1.29, 1.82) is 0 Å². The maximum absolute atomic E-state index is 12.8. The number of nitrogens with zero attached hydrogens (tertiary/aromatic N) is 2. The van der Waals surface area contributed by atoms with Crippen LogP contribution in [0.25, 0.3) is 17.0 Å². The molecule has 1 aliphatic rings. The molecule has 2 aromatic rings. The molecule has 1 fully saturated rings. The van der Waals surface area contributed by atoms with Crippen LogP contribution in [0.2, 0.25) is 0 Å². The average molecular weight is 330 g/mol. The van der Waals surface area contributed by atoms with Crippen molar-refractivity contribution in [1.82, 2.24) is 9.78 Å². The summed E-state index contributed by atoms with van der Waals surface area (Å²) in [5.41, 5.74) is -0.156. The zero-order chi connectivity index (χ0) is 20.4. The molecular weight excluding hydrogens is 304 g/mol. The molecule has 126 valence electrons. The fourth-order valence-electron chi connectivity index (χ4n) is 2.62. The number of hydrogen-bond acceptors (Lipinski definition) is 4. The summed E-state index contributed by atoms with van der Waals surface area (Å²) >= 11 is 0. The van der Waals surface area contributed by atoms with Crippen molar-refractivity contribution in [2.24, 2.45) is 0 Å². The van der Waals surface area contributed by atoms with Crippen LogP contribution in [0.4, 0.5) is 0 Å². The van der Waals surface area contributed by atoms with Gasteiger partial charge in [-0.3, -0.25) is 4.79 Å². The molecular formula is C19H22N2O3. The van der Waals surface area contributed by atoms with Gasteiger partial charge in [-0.25, -0.2) is 4.68 Å². The highest BCUT2D eigenvalue weighted by molar-refractivity contribution is 5.74. The molecule has 5 heteroatoms. The van der Waals surface area contributed by atoms with E-state index in [2.05, 4.69) is 11.7 Å². The molecule has 2 heterocycles. The average Bonchev–Trinajstić information content (AvgIpc) is 2.69. The Bertz CT molecular complexity index is 969. The monoisotopic (exact) mass is 330 g/mol. The number of benzene rings is 1. The first-order valence-electron chi connectivity index (χ1n) is 10.0. The fraction of sp³-hybridized carbons (Fsp3) is 0.368. The number of ether oxygens (including phenoxy) is 2. The molecule has 0 spiro atoms. The second kappa shape index (κ2) is 7.45. The van der Waals surface area contributed by atoms with Gasteiger partial charge in [0.15, 0.2) is 6.23 Å². The van der Waals surface area contributed by atoms with E-state index in [4.69, 9.17) is 15.0 Å². The highest BCUT2D eigenvalue weighted by Crippen LogP contribution is 2.27. The minimum atomic E-state index is -0.624. The lowest BCUT2D eigenvalue weighted by molar-refractivity contribution is -0.0422. The molecule has 1 aromatic heterocycles. The smallest absolute Gasteiger partial charge is 0.269 e. The van der Waals surface area contributed by atoms with Crippen LogP contribution >= 0.6 is 0 Å². The van der Waals surface area contributed by atoms with Crippen LogP contribution in [0.5, 0.6) is 0 Å². The topological polar surface area (TPSA) is 53.4 Å². The molecule has 5 nitrogen and oxygen atoms in total. The predicted molar refractivity (Wildman–Crippen MR) is 93.4 cm³/mol. The summed E-state index contributed by atoms with van der Waals surface area (Å²) in [4.78, 5) is 12.8. The van der Waals surface area contributed by atoms with E-state index in [-0.39, 0.29) is 53.4 Å². The summed E-state index contributed by atoms with van der Waals surface area (Å²) in [6.45, 7) is 6.35. The normalized spacial score (nSPS) is 19.8. The van der Waals surface area contributed by atoms with Crippen molar-refractivity contribution in [2.45, 2.75) is 32.4 Å². The second-order valence-electron chi connectivity index (χ2n) is 5.42. The highest BCUT2D eigenvalue weighted by atomic mass is 16.5. The molecule has 24 heavy (non-hydrogen) atoms. The van der Waals surface area contributed by atoms with Crippen molar-refractivity contribution in [3.63, 3.8) is 0 Å². The molecule has 0 radical (unpaired) electrons. The van der Waals surface area contributed by atoms with Gasteiger partial charge in [-0.05, 0) is 26.2 Å². The molecule has 1 unspecified atom stereocenters. The summed E-state index contributed by atoms with van der Waals surface area (Å²) in [6.07, 6.45) is 1.79. The highest BCUT2D eigenvalue weighted by Gasteiger charge is 2.21. The van der Waals surface area contributed by atoms with Crippen molar-refractivity contribution in [3.8, 4) is 11.3 Å². The lowest BCUT2D eigenvalue weighted by atomic mass is 10.1. The third kappa shape index (κ3) is 3.41. The Kier molecular flexibility index (Phi) is 3.73. The quantitative estimate of drug-likeness (QED) is 0.786. The lowest BCUT2D eigenvalue weighted by Gasteiger charge is -2.24. The Hall–Kier alpha value is -2.40. The summed E-state index contributed by atoms with van der Waals surface area (Å²) in [5.74, 6) is 0.102. The molecule has 1 aliphatic heterocycles. The van der Waals surface area contributed by atoms with Crippen LogP contribution < -0.4 is 5.56 Å². The summed E-state index contributed by atoms with van der Waals surface area (Å²) < 4.78 is 44.5. The number of hydrogen-bond donors (Lipinski definition) is 0. The molecule has 1 saturated heterocycles. The van der Waals surface area contributed by atoms with Gasteiger partial charge < -0.3 is 9.47 Å². The van der Waals surface area contributed by atoms with Gasteiger partial charge in [0.05, 0.1) is 12.1 Å². The number of aromatic nitrogens is 2. The van der Waals surface area contributed by atoms with Crippen LogP contribution in [-0.4, -0.2) is 23.0 Å². The van der Waals surface area contributed by atoms with E-state index in [0.717, 1.165) is 17.5 Å². The third-order valence-corrected chi connectivity index (χ3v) is 3.77. The van der Waals surface area contributed by atoms with Gasteiger partial charge in [-0.1, -0.05) is 36.8 Å². The van der Waals surface area contributed by atoms with E-state index in [9.17, 15) is 4.79 Å². The Morgan fingerprint density at radius 3 is 3.17 bits per heavy atom. The van der Waals surface area contributed by atoms with Crippen molar-refractivity contribution in [2.75, 3.05) is 13.2 Å². The van der Waals surface area contributed by atoms with Crippen LogP contribution in [0, 0.1) is 0 Å². The van der Waals surface area contributed by atoms with Gasteiger partial charge in [0.1, 0.15) is 11.5 Å². The van der Waals surface area contributed by atoms with Gasteiger partial charge in [-0.15, -0.1) is 0 Å². The van der Waals surface area contributed by atoms with Crippen LogP contribution in [-0.2, 0) is 9.47 Å². The molecule has 0 aliphatic carbocycles. The van der Waals surface area contributed by atoms with E-state index in [0.29, 0.717) is 13.0 Å². The third-order valence-electron chi connectivity index (χ3n) is 3.77. The Morgan fingerprint density at radius 2 is 2.42 bits per heavy atom. The maximum atomic E-state index is 12.8. The molecule has 0 bridgehead atoms. The van der Waals surface area contributed by atoms with Gasteiger partial charge in [0.2, 0.25) is 0 Å². The van der Waals surface area contributed by atoms with Gasteiger partial charge >= 0.3 is 0 Å². The zero-order valence-corrected chi connectivity index (χ0v) is 13.6. The molecule has 3 rings (SSSR count). The van der Waals surface area contributed by atoms with Gasteiger partial charge in [0.25, 0.3) is 5.56 Å². The van der Waals surface area contributed by atoms with E-state index in [1.807, 2.05) is 0 Å². The first kappa shape index (κ1) is 12.0. The Labute approximate surface area is 147 Å². The molecule has 0 amide bonds. The van der Waals surface area contributed by atoms with Crippen molar-refractivity contribution in [3.05, 3.63) is 58.8 Å². The Morgan fingerprint density at radius 1 is 1.54 bits per heavy atom. The standard InChI is InChI=1S/C19H22N2O3/c1-3-23-14(2)16-13-17(22)21(18-11-7-8-12-24-18)20-19(16)15-9-5-4-6-10-15/h4-6,9-10,13,18H,2-3,7-8,11-12H2,1H3/i4D,5D,9D,13D. The van der Waals surface area contributed by atoms with E-state index >= 15 is 0 Å². The largest absolute Gasteiger partial charge is 0.494 e. The lowest BCUT2D eigenvalue weighted by Crippen LogP contribution is -2.31. The molecule has 0 N–H and O–H groups in total. The first-order valence-corrected chi connectivity index (χ1v) is 8.01. The zero-order valence-electron chi connectivity index (χ0n) is 17.6. The predicted octanol–water partition coefficient (Wildman–Crippen LogP) is 3.62. The fourth-order valence-corrected chi connectivity index (χ4v) is 2.62. The molecule has 1 aromatic carbocycles. The van der Waals surface area contributed by atoms with E-state index < -0.39 is 11.8 Å². The van der Waals surface area contributed by atoms with Gasteiger partial charge in [0, 0.05) is 23.8 Å². The maximum Gasteiger partial charge on any atom is 0.269 e.